The largest absolute Gasteiger partial charge is 0.465 e. The van der Waals surface area contributed by atoms with Crippen molar-refractivity contribution in [1.29, 1.82) is 0 Å². The number of hydrogen-bond acceptors (Lipinski definition) is 11. The lowest BCUT2D eigenvalue weighted by molar-refractivity contribution is -0.711. The highest BCUT2D eigenvalue weighted by atomic mass is 17.0. The number of hydrogen-bond donors (Lipinski definition) is 2. The summed E-state index contributed by atoms with van der Waals surface area (Å²) < 4.78 is 12.9. The summed E-state index contributed by atoms with van der Waals surface area (Å²) in [6.07, 6.45) is 0. The van der Waals surface area contributed by atoms with E-state index in [9.17, 15) is 19.7 Å². The Balaban J connectivity index is 1.17. The number of aromatic nitrogens is 6. The number of aromatic amines is 1. The van der Waals surface area contributed by atoms with Crippen LogP contribution in [0.25, 0.3) is 33.5 Å². The molecule has 0 saturated carbocycles. The number of carbonyl (C=O) groups excluding carboxylic acids is 2. The number of imidazole rings is 1. The van der Waals surface area contributed by atoms with Gasteiger partial charge in [0, 0.05) is 5.56 Å². The van der Waals surface area contributed by atoms with E-state index in [1.54, 1.807) is 18.2 Å². The maximum absolute atomic E-state index is 13.4. The second-order valence-corrected chi connectivity index (χ2v) is 10.4. The Kier molecular flexibility index (Phi) is 9.27. The van der Waals surface area contributed by atoms with Crippen LogP contribution in [0.15, 0.2) is 91.0 Å². The summed E-state index contributed by atoms with van der Waals surface area (Å²) in [5.74, 6) is -0.609. The number of amides is 1. The van der Waals surface area contributed by atoms with Gasteiger partial charge in [0.05, 0.1) is 29.7 Å². The van der Waals surface area contributed by atoms with Crippen molar-refractivity contribution in [3.8, 4) is 34.3 Å². The fourth-order valence-electron chi connectivity index (χ4n) is 5.11. The summed E-state index contributed by atoms with van der Waals surface area (Å²) in [6, 6.07) is 27.1. The number of para-hydroxylation sites is 1. The summed E-state index contributed by atoms with van der Waals surface area (Å²) >= 11 is 0. The van der Waals surface area contributed by atoms with Gasteiger partial charge < -0.3 is 14.8 Å². The molecular weight excluding hydrogens is 620 g/mol. The Morgan fingerprint density at radius 2 is 1.69 bits per heavy atom. The molecule has 0 aliphatic rings. The van der Waals surface area contributed by atoms with Crippen molar-refractivity contribution in [2.24, 2.45) is 0 Å². The molecule has 0 fully saturated rings. The molecule has 242 valence electrons. The molecular formula is C33H28N8O7. The van der Waals surface area contributed by atoms with E-state index in [1.165, 1.54) is 24.3 Å². The van der Waals surface area contributed by atoms with Gasteiger partial charge in [0.15, 0.2) is 0 Å². The number of carbonyl (C=O) groups is 2. The second kappa shape index (κ2) is 14.2. The number of nitrogens with one attached hydrogen (secondary N) is 2. The smallest absolute Gasteiger partial charge is 0.325 e. The van der Waals surface area contributed by atoms with Gasteiger partial charge in [-0.05, 0) is 58.7 Å². The number of tetrazole rings is 1. The molecule has 6 rings (SSSR count). The first-order valence-corrected chi connectivity index (χ1v) is 14.8. The lowest BCUT2D eigenvalue weighted by atomic mass is 9.98. The van der Waals surface area contributed by atoms with Gasteiger partial charge >= 0.3 is 5.97 Å². The first kappa shape index (κ1) is 31.3. The van der Waals surface area contributed by atoms with E-state index in [-0.39, 0.29) is 18.9 Å². The van der Waals surface area contributed by atoms with Crippen molar-refractivity contribution in [2.45, 2.75) is 20.1 Å². The predicted molar refractivity (Wildman–Crippen MR) is 171 cm³/mol. The van der Waals surface area contributed by atoms with E-state index in [1.807, 2.05) is 60.0 Å². The molecule has 4 aromatic carbocycles. The van der Waals surface area contributed by atoms with Crippen LogP contribution in [0.3, 0.4) is 0 Å². The van der Waals surface area contributed by atoms with Crippen LogP contribution < -0.4 is 14.9 Å². The van der Waals surface area contributed by atoms with Crippen LogP contribution in [-0.4, -0.2) is 60.3 Å². The number of ether oxygens (including phenoxy) is 2. The van der Waals surface area contributed by atoms with Crippen molar-refractivity contribution in [3.63, 3.8) is 0 Å². The molecule has 6 aromatic rings. The number of benzene rings is 4. The van der Waals surface area contributed by atoms with Gasteiger partial charge in [-0.2, -0.15) is 10.2 Å². The van der Waals surface area contributed by atoms with Crippen LogP contribution in [0.5, 0.6) is 11.8 Å². The molecule has 15 nitrogen and oxygen atoms in total. The Morgan fingerprint density at radius 1 is 0.938 bits per heavy atom. The fraction of sp³-hybridized carbons (Fsp3) is 0.152. The third-order valence-electron chi connectivity index (χ3n) is 7.27. The zero-order chi connectivity index (χ0) is 33.5. The van der Waals surface area contributed by atoms with Crippen molar-refractivity contribution in [2.75, 3.05) is 13.2 Å². The summed E-state index contributed by atoms with van der Waals surface area (Å²) in [5.41, 5.74) is 5.71. The number of rotatable bonds is 13. The van der Waals surface area contributed by atoms with Gasteiger partial charge in [0.2, 0.25) is 5.82 Å². The second-order valence-electron chi connectivity index (χ2n) is 10.4. The van der Waals surface area contributed by atoms with Crippen LogP contribution in [0, 0.1) is 10.1 Å². The minimum Gasteiger partial charge on any atom is -0.465 e. The first-order valence-electron chi connectivity index (χ1n) is 14.8. The predicted octanol–water partition coefficient (Wildman–Crippen LogP) is 4.37. The van der Waals surface area contributed by atoms with Crippen LogP contribution >= 0.6 is 0 Å². The van der Waals surface area contributed by atoms with Crippen molar-refractivity contribution in [1.82, 2.24) is 35.5 Å². The molecule has 2 aromatic heterocycles. The molecule has 2 N–H and O–H groups in total. The normalized spacial score (nSPS) is 10.9. The number of H-pyrrole nitrogens is 1. The molecule has 1 amide bonds. The van der Waals surface area contributed by atoms with Crippen molar-refractivity contribution < 1.29 is 29.0 Å². The minimum atomic E-state index is -0.915. The van der Waals surface area contributed by atoms with Crippen LogP contribution in [-0.2, 0) is 22.7 Å². The molecule has 0 unspecified atom stereocenters. The zero-order valence-electron chi connectivity index (χ0n) is 25.5. The molecule has 2 heterocycles. The van der Waals surface area contributed by atoms with Gasteiger partial charge in [-0.15, -0.1) is 20.3 Å². The van der Waals surface area contributed by atoms with E-state index in [2.05, 4.69) is 35.8 Å². The minimum absolute atomic E-state index is 0.0444. The number of nitrogens with zero attached hydrogens (tertiary/aromatic N) is 6. The molecule has 0 bridgehead atoms. The average molecular weight is 649 g/mol. The van der Waals surface area contributed by atoms with Gasteiger partial charge in [-0.1, -0.05) is 66.7 Å². The van der Waals surface area contributed by atoms with Crippen LogP contribution in [0.4, 0.5) is 0 Å². The monoisotopic (exact) mass is 648 g/mol. The fourth-order valence-corrected chi connectivity index (χ4v) is 5.11. The Labute approximate surface area is 272 Å². The van der Waals surface area contributed by atoms with Crippen LogP contribution in [0.1, 0.15) is 28.4 Å². The maximum atomic E-state index is 13.4. The van der Waals surface area contributed by atoms with E-state index < -0.39 is 17.0 Å². The highest BCUT2D eigenvalue weighted by Crippen LogP contribution is 2.31. The Morgan fingerprint density at radius 3 is 2.40 bits per heavy atom. The number of fused-ring (bicyclic) bond motifs is 1. The highest BCUT2D eigenvalue weighted by Gasteiger charge is 2.20. The molecule has 0 atom stereocenters. The molecule has 0 aliphatic heterocycles. The molecule has 0 aliphatic carbocycles. The quantitative estimate of drug-likeness (QED) is 0.103. The van der Waals surface area contributed by atoms with Crippen molar-refractivity contribution in [3.05, 3.63) is 118 Å². The molecule has 0 saturated heterocycles. The van der Waals surface area contributed by atoms with Gasteiger partial charge in [0.1, 0.15) is 18.9 Å². The first-order chi connectivity index (χ1) is 23.4. The third-order valence-corrected chi connectivity index (χ3v) is 7.27. The Hall–Kier alpha value is -6.64. The molecule has 0 spiro atoms. The molecule has 15 heteroatoms. The van der Waals surface area contributed by atoms with Crippen molar-refractivity contribution >= 4 is 22.9 Å². The van der Waals surface area contributed by atoms with Crippen LogP contribution in [0.2, 0.25) is 0 Å². The zero-order valence-corrected chi connectivity index (χ0v) is 25.5. The Bertz CT molecular complexity index is 2060. The molecule has 48 heavy (non-hydrogen) atoms. The molecule has 0 radical (unpaired) electrons. The summed E-state index contributed by atoms with van der Waals surface area (Å²) in [6.45, 7) is 2.12. The number of esters is 1. The SMILES string of the molecule is CCOc1nc2cccc(C(=O)NCC(=O)OCc3ccc(O[N+](=O)[O-])cc3)c2n1Cc1ccc(-c2ccccc2-c2nn[nH]n2)cc1. The standard InChI is InChI=1S/C33H28N8O7/c1-2-46-33-35-28-9-5-8-27(32(43)34-18-29(42)47-20-22-12-16-24(17-13-22)48-41(44)45)30(28)40(33)19-21-10-14-23(15-11-21)25-6-3-4-7-26(25)31-36-38-39-37-31/h3-17H,2,18-20H2,1H3,(H,34,43)(H,36,37,38,39). The van der Waals surface area contributed by atoms with E-state index in [0.717, 1.165) is 22.3 Å². The lowest BCUT2D eigenvalue weighted by Gasteiger charge is -2.13. The third kappa shape index (κ3) is 7.09. The average Bonchev–Trinajstić information content (AvgIpc) is 3.76. The van der Waals surface area contributed by atoms with Gasteiger partial charge in [0.25, 0.3) is 17.0 Å². The van der Waals surface area contributed by atoms with Gasteiger partial charge in [-0.3, -0.25) is 19.0 Å². The van der Waals surface area contributed by atoms with E-state index in [4.69, 9.17) is 9.47 Å². The maximum Gasteiger partial charge on any atom is 0.325 e. The summed E-state index contributed by atoms with van der Waals surface area (Å²) in [7, 11) is 0. The van der Waals surface area contributed by atoms with E-state index in [0.29, 0.717) is 47.1 Å². The summed E-state index contributed by atoms with van der Waals surface area (Å²) in [5, 5.41) is 26.6. The summed E-state index contributed by atoms with van der Waals surface area (Å²) in [4.78, 5) is 45.3. The topological polar surface area (TPSA) is 189 Å². The highest BCUT2D eigenvalue weighted by molar-refractivity contribution is 6.06. The van der Waals surface area contributed by atoms with E-state index >= 15 is 0 Å². The lowest BCUT2D eigenvalue weighted by Crippen LogP contribution is -2.31. The van der Waals surface area contributed by atoms with Gasteiger partial charge in [-0.25, -0.2) is 0 Å².